The number of halogens is 1. The summed E-state index contributed by atoms with van der Waals surface area (Å²) in [5.41, 5.74) is 2.65. The summed E-state index contributed by atoms with van der Waals surface area (Å²) in [6.07, 6.45) is 0. The number of rotatable bonds is 7. The number of amides is 1. The van der Waals surface area contributed by atoms with E-state index in [4.69, 9.17) is 0 Å². The number of benzene rings is 2. The standard InChI is InChI=1S/C21H24FN5OS/c1-14-5-9-17(10-6-14)23-19(28)13-29-21-25-24-20(15(2)26(3)4)27(21)18-11-7-16(22)8-12-18/h5-12,15H,13H2,1-4H3,(H,23,28)/p+1/t15-/m1/s1. The molecule has 0 aliphatic rings. The van der Waals surface area contributed by atoms with Crippen LogP contribution in [0.2, 0.25) is 0 Å². The van der Waals surface area contributed by atoms with Crippen LogP contribution in [0.3, 0.4) is 0 Å². The number of nitrogens with zero attached hydrogens (tertiary/aromatic N) is 3. The highest BCUT2D eigenvalue weighted by Gasteiger charge is 2.23. The molecule has 0 aliphatic heterocycles. The SMILES string of the molecule is Cc1ccc(NC(=O)CSc2nnc([C@@H](C)[NH+](C)C)n2-c2ccc(F)cc2)cc1. The van der Waals surface area contributed by atoms with Crippen LogP contribution in [-0.4, -0.2) is 40.5 Å². The van der Waals surface area contributed by atoms with Gasteiger partial charge in [0.2, 0.25) is 5.91 Å². The summed E-state index contributed by atoms with van der Waals surface area (Å²) in [5.74, 6) is 0.524. The van der Waals surface area contributed by atoms with Gasteiger partial charge in [0.25, 0.3) is 0 Å². The molecule has 2 aromatic carbocycles. The molecule has 3 rings (SSSR count). The fraction of sp³-hybridized carbons (Fsp3) is 0.286. The van der Waals surface area contributed by atoms with Crippen molar-refractivity contribution in [3.8, 4) is 5.69 Å². The smallest absolute Gasteiger partial charge is 0.234 e. The van der Waals surface area contributed by atoms with E-state index in [1.807, 2.05) is 49.9 Å². The van der Waals surface area contributed by atoms with E-state index in [-0.39, 0.29) is 23.5 Å². The Balaban J connectivity index is 1.80. The molecule has 0 saturated carbocycles. The molecular weight excluding hydrogens is 389 g/mol. The maximum absolute atomic E-state index is 13.4. The Morgan fingerprint density at radius 2 is 1.79 bits per heavy atom. The number of aryl methyl sites for hydroxylation is 1. The van der Waals surface area contributed by atoms with Gasteiger partial charge in [0.05, 0.1) is 19.8 Å². The second-order valence-corrected chi connectivity index (χ2v) is 8.10. The van der Waals surface area contributed by atoms with Crippen LogP contribution in [0.4, 0.5) is 10.1 Å². The number of thioether (sulfide) groups is 1. The molecule has 3 aromatic rings. The Bertz CT molecular complexity index is 970. The molecule has 1 amide bonds. The second-order valence-electron chi connectivity index (χ2n) is 7.15. The maximum atomic E-state index is 13.4. The van der Waals surface area contributed by atoms with E-state index in [0.717, 1.165) is 22.8 Å². The lowest BCUT2D eigenvalue weighted by Gasteiger charge is -2.18. The van der Waals surface area contributed by atoms with Gasteiger partial charge < -0.3 is 10.2 Å². The zero-order chi connectivity index (χ0) is 21.0. The fourth-order valence-electron chi connectivity index (χ4n) is 2.71. The molecule has 0 spiro atoms. The highest BCUT2D eigenvalue weighted by atomic mass is 32.2. The minimum atomic E-state index is -0.304. The van der Waals surface area contributed by atoms with Gasteiger partial charge in [0.1, 0.15) is 11.9 Å². The summed E-state index contributed by atoms with van der Waals surface area (Å²) in [7, 11) is 4.08. The molecular formula is C21H25FN5OS+. The van der Waals surface area contributed by atoms with E-state index in [2.05, 4.69) is 22.4 Å². The van der Waals surface area contributed by atoms with Crippen LogP contribution in [0.15, 0.2) is 53.7 Å². The number of carbonyl (C=O) groups excluding carboxylic acids is 1. The normalized spacial score (nSPS) is 12.2. The van der Waals surface area contributed by atoms with Crippen molar-refractivity contribution in [2.45, 2.75) is 25.0 Å². The maximum Gasteiger partial charge on any atom is 0.234 e. The number of carbonyl (C=O) groups is 1. The molecule has 0 saturated heterocycles. The first kappa shape index (κ1) is 21.0. The van der Waals surface area contributed by atoms with Crippen molar-refractivity contribution in [2.24, 2.45) is 0 Å². The predicted octanol–water partition coefficient (Wildman–Crippen LogP) is 2.65. The van der Waals surface area contributed by atoms with Crippen molar-refractivity contribution in [1.29, 1.82) is 0 Å². The zero-order valence-electron chi connectivity index (χ0n) is 16.9. The van der Waals surface area contributed by atoms with Gasteiger partial charge in [-0.05, 0) is 50.2 Å². The molecule has 1 aromatic heterocycles. The van der Waals surface area contributed by atoms with Crippen LogP contribution in [0, 0.1) is 12.7 Å². The molecule has 29 heavy (non-hydrogen) atoms. The van der Waals surface area contributed by atoms with Gasteiger partial charge in [-0.15, -0.1) is 10.2 Å². The van der Waals surface area contributed by atoms with Gasteiger partial charge in [-0.1, -0.05) is 29.5 Å². The molecule has 0 unspecified atom stereocenters. The van der Waals surface area contributed by atoms with Gasteiger partial charge in [-0.3, -0.25) is 9.36 Å². The number of anilines is 1. The van der Waals surface area contributed by atoms with Gasteiger partial charge in [-0.25, -0.2) is 4.39 Å². The van der Waals surface area contributed by atoms with Crippen molar-refractivity contribution < 1.29 is 14.1 Å². The number of hydrogen-bond acceptors (Lipinski definition) is 4. The first-order valence-electron chi connectivity index (χ1n) is 9.35. The Labute approximate surface area is 174 Å². The highest BCUT2D eigenvalue weighted by Crippen LogP contribution is 2.24. The number of aromatic nitrogens is 3. The third-order valence-electron chi connectivity index (χ3n) is 4.66. The zero-order valence-corrected chi connectivity index (χ0v) is 17.8. The second kappa shape index (κ2) is 9.19. The first-order chi connectivity index (χ1) is 13.8. The van der Waals surface area contributed by atoms with Crippen molar-refractivity contribution >= 4 is 23.4 Å². The molecule has 1 heterocycles. The van der Waals surface area contributed by atoms with Crippen molar-refractivity contribution in [1.82, 2.24) is 14.8 Å². The molecule has 1 atom stereocenters. The monoisotopic (exact) mass is 414 g/mol. The van der Waals surface area contributed by atoms with E-state index in [1.165, 1.54) is 28.8 Å². The van der Waals surface area contributed by atoms with Gasteiger partial charge in [0.15, 0.2) is 11.0 Å². The largest absolute Gasteiger partial charge is 0.331 e. The van der Waals surface area contributed by atoms with E-state index in [9.17, 15) is 9.18 Å². The molecule has 8 heteroatoms. The van der Waals surface area contributed by atoms with Crippen molar-refractivity contribution in [2.75, 3.05) is 25.2 Å². The number of nitrogens with one attached hydrogen (secondary N) is 2. The predicted molar refractivity (Wildman–Crippen MR) is 113 cm³/mol. The van der Waals surface area contributed by atoms with Crippen LogP contribution < -0.4 is 10.2 Å². The molecule has 0 bridgehead atoms. The quantitative estimate of drug-likeness (QED) is 0.584. The number of hydrogen-bond donors (Lipinski definition) is 2. The van der Waals surface area contributed by atoms with Gasteiger partial charge in [-0.2, -0.15) is 0 Å². The summed E-state index contributed by atoms with van der Waals surface area (Å²) in [4.78, 5) is 13.6. The highest BCUT2D eigenvalue weighted by molar-refractivity contribution is 7.99. The van der Waals surface area contributed by atoms with E-state index < -0.39 is 0 Å². The molecule has 0 fully saturated rings. The first-order valence-corrected chi connectivity index (χ1v) is 10.3. The fourth-order valence-corrected chi connectivity index (χ4v) is 3.47. The van der Waals surface area contributed by atoms with Crippen molar-refractivity contribution in [3.05, 3.63) is 65.7 Å². The lowest BCUT2D eigenvalue weighted by atomic mass is 10.2. The van der Waals surface area contributed by atoms with Crippen LogP contribution in [0.5, 0.6) is 0 Å². The average molecular weight is 415 g/mol. The van der Waals surface area contributed by atoms with E-state index >= 15 is 0 Å². The van der Waals surface area contributed by atoms with E-state index in [0.29, 0.717) is 5.16 Å². The van der Waals surface area contributed by atoms with Crippen LogP contribution >= 0.6 is 11.8 Å². The molecule has 0 radical (unpaired) electrons. The minimum absolute atomic E-state index is 0.0725. The van der Waals surface area contributed by atoms with Gasteiger partial charge in [0, 0.05) is 11.4 Å². The third kappa shape index (κ3) is 5.21. The third-order valence-corrected chi connectivity index (χ3v) is 5.59. The molecule has 6 nitrogen and oxygen atoms in total. The molecule has 2 N–H and O–H groups in total. The summed E-state index contributed by atoms with van der Waals surface area (Å²) in [5, 5.41) is 12.1. The Hall–Kier alpha value is -2.71. The van der Waals surface area contributed by atoms with Crippen molar-refractivity contribution in [3.63, 3.8) is 0 Å². The molecule has 152 valence electrons. The number of quaternary nitrogens is 1. The molecule has 0 aliphatic carbocycles. The average Bonchev–Trinajstić information content (AvgIpc) is 3.12. The summed E-state index contributed by atoms with van der Waals surface area (Å²) in [6, 6.07) is 13.9. The Morgan fingerprint density at radius 3 is 2.41 bits per heavy atom. The van der Waals surface area contributed by atoms with E-state index in [1.54, 1.807) is 12.1 Å². The lowest BCUT2D eigenvalue weighted by molar-refractivity contribution is -0.890. The van der Waals surface area contributed by atoms with Crippen LogP contribution in [0.25, 0.3) is 5.69 Å². The summed E-state index contributed by atoms with van der Waals surface area (Å²) < 4.78 is 15.3. The van der Waals surface area contributed by atoms with Crippen LogP contribution in [0.1, 0.15) is 24.4 Å². The summed E-state index contributed by atoms with van der Waals surface area (Å²) >= 11 is 1.30. The Morgan fingerprint density at radius 1 is 1.14 bits per heavy atom. The van der Waals surface area contributed by atoms with Gasteiger partial charge >= 0.3 is 0 Å². The topological polar surface area (TPSA) is 64.2 Å². The van der Waals surface area contributed by atoms with Crippen LogP contribution in [-0.2, 0) is 4.79 Å². The lowest BCUT2D eigenvalue weighted by Crippen LogP contribution is -3.05. The summed E-state index contributed by atoms with van der Waals surface area (Å²) in [6.45, 7) is 4.05. The minimum Gasteiger partial charge on any atom is -0.331 e. The Kier molecular flexibility index (Phi) is 6.66.